The molecule has 2 rings (SSSR count). The third-order valence-electron chi connectivity index (χ3n) is 3.81. The van der Waals surface area contributed by atoms with Gasteiger partial charge in [0.2, 0.25) is 0 Å². The molecule has 2 atom stereocenters. The monoisotopic (exact) mass is 301 g/mol. The molecule has 2 unspecified atom stereocenters. The Bertz CT molecular complexity index is 405. The molecule has 1 aromatic carbocycles. The van der Waals surface area contributed by atoms with Crippen LogP contribution in [0.1, 0.15) is 43.6 Å². The van der Waals surface area contributed by atoms with Crippen molar-refractivity contribution in [2.75, 3.05) is 13.2 Å². The molecule has 0 bridgehead atoms. The van der Waals surface area contributed by atoms with E-state index < -0.39 is 0 Å². The van der Waals surface area contributed by atoms with Gasteiger partial charge < -0.3 is 10.5 Å². The van der Waals surface area contributed by atoms with E-state index in [4.69, 9.17) is 33.7 Å². The number of nitrogens with two attached hydrogens (primary N) is 1. The van der Waals surface area contributed by atoms with Crippen molar-refractivity contribution in [3.8, 4) is 0 Å². The molecule has 1 aliphatic rings. The van der Waals surface area contributed by atoms with Gasteiger partial charge in [-0.15, -0.1) is 0 Å². The molecule has 0 spiro atoms. The van der Waals surface area contributed by atoms with Gasteiger partial charge in [0.1, 0.15) is 0 Å². The highest BCUT2D eigenvalue weighted by Gasteiger charge is 2.17. The molecule has 4 heteroatoms. The molecule has 2 N–H and O–H groups in total. The first-order chi connectivity index (χ1) is 9.20. The lowest BCUT2D eigenvalue weighted by Gasteiger charge is -2.24. The van der Waals surface area contributed by atoms with Gasteiger partial charge in [0, 0.05) is 6.61 Å². The fraction of sp³-hybridized carbons (Fsp3) is 0.600. The lowest BCUT2D eigenvalue weighted by Crippen LogP contribution is -2.21. The fourth-order valence-electron chi connectivity index (χ4n) is 2.61. The van der Waals surface area contributed by atoms with Crippen LogP contribution in [0.5, 0.6) is 0 Å². The first-order valence-electron chi connectivity index (χ1n) is 6.97. The molecule has 2 nitrogen and oxygen atoms in total. The molecule has 0 aromatic heterocycles. The standard InChI is InChI=1S/C15H21Cl2NO/c16-14-7-5-11(9-15(14)17)12(10-18)4-6-13-3-1-2-8-19-13/h5,7,9,12-13H,1-4,6,8,10,18H2. The Labute approximate surface area is 125 Å². The summed E-state index contributed by atoms with van der Waals surface area (Å²) in [6, 6.07) is 5.80. The number of benzene rings is 1. The highest BCUT2D eigenvalue weighted by atomic mass is 35.5. The number of hydrogen-bond donors (Lipinski definition) is 1. The maximum absolute atomic E-state index is 6.07. The molecule has 1 saturated heterocycles. The summed E-state index contributed by atoms with van der Waals surface area (Å²) >= 11 is 12.0. The minimum Gasteiger partial charge on any atom is -0.378 e. The van der Waals surface area contributed by atoms with E-state index in [9.17, 15) is 0 Å². The van der Waals surface area contributed by atoms with Crippen molar-refractivity contribution in [1.29, 1.82) is 0 Å². The lowest BCUT2D eigenvalue weighted by atomic mass is 9.91. The summed E-state index contributed by atoms with van der Waals surface area (Å²) in [4.78, 5) is 0. The van der Waals surface area contributed by atoms with Crippen LogP contribution < -0.4 is 5.73 Å². The minimum absolute atomic E-state index is 0.334. The lowest BCUT2D eigenvalue weighted by molar-refractivity contribution is 0.00917. The Morgan fingerprint density at radius 3 is 2.74 bits per heavy atom. The zero-order chi connectivity index (χ0) is 13.7. The number of halogens is 2. The third-order valence-corrected chi connectivity index (χ3v) is 4.55. The summed E-state index contributed by atoms with van der Waals surface area (Å²) in [5, 5.41) is 1.20. The average molecular weight is 302 g/mol. The number of rotatable bonds is 5. The maximum Gasteiger partial charge on any atom is 0.0595 e. The molecular formula is C15H21Cl2NO. The van der Waals surface area contributed by atoms with E-state index in [0.29, 0.717) is 28.6 Å². The first kappa shape index (κ1) is 15.1. The normalized spacial score (nSPS) is 21.3. The largest absolute Gasteiger partial charge is 0.378 e. The van der Waals surface area contributed by atoms with Crippen molar-refractivity contribution in [2.45, 2.75) is 44.1 Å². The molecule has 1 aliphatic heterocycles. The topological polar surface area (TPSA) is 35.2 Å². The van der Waals surface area contributed by atoms with Gasteiger partial charge in [0.05, 0.1) is 16.1 Å². The molecule has 0 radical (unpaired) electrons. The predicted molar refractivity (Wildman–Crippen MR) is 81.1 cm³/mol. The highest BCUT2D eigenvalue weighted by molar-refractivity contribution is 6.42. The summed E-state index contributed by atoms with van der Waals surface area (Å²) < 4.78 is 5.76. The van der Waals surface area contributed by atoms with Gasteiger partial charge in [0.25, 0.3) is 0 Å². The summed E-state index contributed by atoms with van der Waals surface area (Å²) in [5.74, 6) is 0.334. The van der Waals surface area contributed by atoms with Gasteiger partial charge in [-0.2, -0.15) is 0 Å². The van der Waals surface area contributed by atoms with Crippen LogP contribution in [-0.2, 0) is 4.74 Å². The van der Waals surface area contributed by atoms with Crippen LogP contribution in [0.3, 0.4) is 0 Å². The smallest absolute Gasteiger partial charge is 0.0595 e. The summed E-state index contributed by atoms with van der Waals surface area (Å²) in [6.07, 6.45) is 6.18. The number of ether oxygens (including phenoxy) is 1. The van der Waals surface area contributed by atoms with Crippen LogP contribution in [0.2, 0.25) is 10.0 Å². The van der Waals surface area contributed by atoms with Crippen LogP contribution in [0.15, 0.2) is 18.2 Å². The second kappa shape index (κ2) is 7.49. The van der Waals surface area contributed by atoms with Crippen LogP contribution >= 0.6 is 23.2 Å². The molecule has 1 fully saturated rings. The predicted octanol–water partition coefficient (Wildman–Crippen LogP) is 4.39. The molecule has 0 saturated carbocycles. The molecule has 0 aliphatic carbocycles. The Balaban J connectivity index is 1.93. The van der Waals surface area contributed by atoms with E-state index >= 15 is 0 Å². The summed E-state index contributed by atoms with van der Waals surface area (Å²) in [7, 11) is 0. The van der Waals surface area contributed by atoms with Crippen LogP contribution in [0.4, 0.5) is 0 Å². The molecule has 19 heavy (non-hydrogen) atoms. The molecule has 106 valence electrons. The van der Waals surface area contributed by atoms with Crippen molar-refractivity contribution in [3.63, 3.8) is 0 Å². The van der Waals surface area contributed by atoms with Crippen molar-refractivity contribution in [2.24, 2.45) is 5.73 Å². The number of hydrogen-bond acceptors (Lipinski definition) is 2. The maximum atomic E-state index is 6.07. The Morgan fingerprint density at radius 2 is 2.11 bits per heavy atom. The second-order valence-corrected chi connectivity index (χ2v) is 5.99. The zero-order valence-electron chi connectivity index (χ0n) is 11.1. The average Bonchev–Trinajstić information content (AvgIpc) is 2.44. The van der Waals surface area contributed by atoms with Gasteiger partial charge in [-0.25, -0.2) is 0 Å². The Hall–Kier alpha value is -0.280. The van der Waals surface area contributed by atoms with E-state index in [0.717, 1.165) is 19.4 Å². The van der Waals surface area contributed by atoms with Crippen molar-refractivity contribution in [3.05, 3.63) is 33.8 Å². The SMILES string of the molecule is NCC(CCC1CCCCO1)c1ccc(Cl)c(Cl)c1. The first-order valence-corrected chi connectivity index (χ1v) is 7.73. The van der Waals surface area contributed by atoms with Crippen LogP contribution in [0, 0.1) is 0 Å². The fourth-order valence-corrected chi connectivity index (χ4v) is 2.92. The van der Waals surface area contributed by atoms with Crippen LogP contribution in [-0.4, -0.2) is 19.3 Å². The minimum atomic E-state index is 0.334. The molecule has 0 amide bonds. The second-order valence-electron chi connectivity index (χ2n) is 5.17. The Kier molecular flexibility index (Phi) is 5.96. The quantitative estimate of drug-likeness (QED) is 0.875. The van der Waals surface area contributed by atoms with Gasteiger partial charge >= 0.3 is 0 Å². The van der Waals surface area contributed by atoms with E-state index in [1.54, 1.807) is 0 Å². The van der Waals surface area contributed by atoms with Crippen molar-refractivity contribution < 1.29 is 4.74 Å². The Morgan fingerprint density at radius 1 is 1.26 bits per heavy atom. The van der Waals surface area contributed by atoms with E-state index in [1.807, 2.05) is 18.2 Å². The van der Waals surface area contributed by atoms with E-state index in [2.05, 4.69) is 0 Å². The van der Waals surface area contributed by atoms with E-state index in [-0.39, 0.29) is 0 Å². The van der Waals surface area contributed by atoms with Gasteiger partial charge in [0.15, 0.2) is 0 Å². The van der Waals surface area contributed by atoms with Gasteiger partial charge in [-0.3, -0.25) is 0 Å². The van der Waals surface area contributed by atoms with Crippen molar-refractivity contribution in [1.82, 2.24) is 0 Å². The van der Waals surface area contributed by atoms with Crippen LogP contribution in [0.25, 0.3) is 0 Å². The summed E-state index contributed by atoms with van der Waals surface area (Å²) in [5.41, 5.74) is 7.07. The molecule has 1 heterocycles. The van der Waals surface area contributed by atoms with Gasteiger partial charge in [-0.1, -0.05) is 29.3 Å². The molecule has 1 aromatic rings. The van der Waals surface area contributed by atoms with Crippen molar-refractivity contribution >= 4 is 23.2 Å². The zero-order valence-corrected chi connectivity index (χ0v) is 12.6. The third kappa shape index (κ3) is 4.35. The summed E-state index contributed by atoms with van der Waals surface area (Å²) in [6.45, 7) is 1.54. The van der Waals surface area contributed by atoms with E-state index in [1.165, 1.54) is 24.8 Å². The highest BCUT2D eigenvalue weighted by Crippen LogP contribution is 2.29. The molecular weight excluding hydrogens is 281 g/mol. The van der Waals surface area contributed by atoms with Gasteiger partial charge in [-0.05, 0) is 62.3 Å².